The van der Waals surface area contributed by atoms with Crippen molar-refractivity contribution in [3.63, 3.8) is 0 Å². The van der Waals surface area contributed by atoms with Crippen LogP contribution in [0.15, 0.2) is 30.0 Å². The van der Waals surface area contributed by atoms with Crippen molar-refractivity contribution in [1.82, 2.24) is 0 Å². The summed E-state index contributed by atoms with van der Waals surface area (Å²) in [6.07, 6.45) is -4.63. The standard InChI is InChI=1S/C20H27BF4O4/c1-13(2)26-12-11-16(14-7-9-15(10-8-14)27-20(23,24)25)17(22)21-28-18(3,4)19(5,6)29-21/h7-10,13H,11-12H2,1-6H3. The molecule has 0 N–H and O–H groups in total. The second kappa shape index (κ2) is 8.66. The largest absolute Gasteiger partial charge is 0.573 e. The Morgan fingerprint density at radius 2 is 1.55 bits per heavy atom. The zero-order chi connectivity index (χ0) is 22.0. The van der Waals surface area contributed by atoms with Crippen LogP contribution in [0.4, 0.5) is 17.6 Å². The summed E-state index contributed by atoms with van der Waals surface area (Å²) in [5, 5.41) is 0. The van der Waals surface area contributed by atoms with Crippen LogP contribution in [-0.2, 0) is 14.0 Å². The lowest BCUT2D eigenvalue weighted by Crippen LogP contribution is -2.41. The molecular weight excluding hydrogens is 391 g/mol. The van der Waals surface area contributed by atoms with Gasteiger partial charge in [-0.3, -0.25) is 0 Å². The summed E-state index contributed by atoms with van der Waals surface area (Å²) >= 11 is 0. The molecule has 0 spiro atoms. The van der Waals surface area contributed by atoms with Crippen molar-refractivity contribution in [2.45, 2.75) is 71.6 Å². The van der Waals surface area contributed by atoms with E-state index in [1.165, 1.54) is 12.1 Å². The molecule has 0 saturated carbocycles. The van der Waals surface area contributed by atoms with Crippen LogP contribution in [0.2, 0.25) is 0 Å². The normalized spacial score (nSPS) is 19.5. The zero-order valence-electron chi connectivity index (χ0n) is 17.5. The van der Waals surface area contributed by atoms with E-state index in [9.17, 15) is 13.2 Å². The smallest absolute Gasteiger partial charge is 0.406 e. The molecule has 9 heteroatoms. The Labute approximate surface area is 169 Å². The van der Waals surface area contributed by atoms with Crippen LogP contribution in [0.25, 0.3) is 5.57 Å². The molecule has 0 bridgehead atoms. The van der Waals surface area contributed by atoms with Crippen molar-refractivity contribution in [3.05, 3.63) is 35.6 Å². The monoisotopic (exact) mass is 418 g/mol. The van der Waals surface area contributed by atoms with Crippen molar-refractivity contribution in [3.8, 4) is 5.75 Å². The molecule has 1 aliphatic rings. The molecule has 0 aromatic heterocycles. The maximum atomic E-state index is 15.4. The quantitative estimate of drug-likeness (QED) is 0.420. The topological polar surface area (TPSA) is 36.9 Å². The van der Waals surface area contributed by atoms with Crippen molar-refractivity contribution >= 4 is 12.7 Å². The first-order valence-electron chi connectivity index (χ1n) is 9.44. The van der Waals surface area contributed by atoms with Gasteiger partial charge in [-0.2, -0.15) is 0 Å². The Morgan fingerprint density at radius 1 is 1.03 bits per heavy atom. The second-order valence-corrected chi connectivity index (χ2v) is 8.16. The SMILES string of the molecule is CC(C)OCCC(=C(F)B1OC(C)(C)C(C)(C)O1)c1ccc(OC(F)(F)F)cc1. The van der Waals surface area contributed by atoms with Gasteiger partial charge in [0.2, 0.25) is 0 Å². The fraction of sp³-hybridized carbons (Fsp3) is 0.600. The van der Waals surface area contributed by atoms with E-state index < -0.39 is 30.4 Å². The van der Waals surface area contributed by atoms with Crippen molar-refractivity contribution in [2.75, 3.05) is 6.61 Å². The molecular formula is C20H27BF4O4. The highest BCUT2D eigenvalue weighted by molar-refractivity contribution is 6.55. The summed E-state index contributed by atoms with van der Waals surface area (Å²) in [6, 6.07) is 5.03. The summed E-state index contributed by atoms with van der Waals surface area (Å²) in [5.74, 6) is -0.380. The third-order valence-electron chi connectivity index (χ3n) is 4.99. The van der Waals surface area contributed by atoms with E-state index in [4.69, 9.17) is 14.0 Å². The number of halogens is 4. The number of hydrogen-bond donors (Lipinski definition) is 0. The molecule has 4 nitrogen and oxygen atoms in total. The van der Waals surface area contributed by atoms with Gasteiger partial charge in [0.05, 0.1) is 23.9 Å². The average molecular weight is 418 g/mol. The summed E-state index contributed by atoms with van der Waals surface area (Å²) in [5.41, 5.74) is -1.42. The van der Waals surface area contributed by atoms with Gasteiger partial charge in [-0.1, -0.05) is 12.1 Å². The highest BCUT2D eigenvalue weighted by Crippen LogP contribution is 2.41. The summed E-state index contributed by atoms with van der Waals surface area (Å²) in [4.78, 5) is 0. The molecule has 0 unspecified atom stereocenters. The summed E-state index contributed by atoms with van der Waals surface area (Å²) < 4.78 is 73.5. The molecule has 1 aliphatic heterocycles. The maximum Gasteiger partial charge on any atom is 0.573 e. The van der Waals surface area contributed by atoms with E-state index in [0.29, 0.717) is 5.56 Å². The molecule has 29 heavy (non-hydrogen) atoms. The van der Waals surface area contributed by atoms with Gasteiger partial charge < -0.3 is 18.8 Å². The maximum absolute atomic E-state index is 15.4. The third kappa shape index (κ3) is 6.20. The first-order valence-corrected chi connectivity index (χ1v) is 9.44. The predicted octanol–water partition coefficient (Wildman–Crippen LogP) is 5.71. The lowest BCUT2D eigenvalue weighted by Gasteiger charge is -2.32. The van der Waals surface area contributed by atoms with Crippen LogP contribution in [0, 0.1) is 0 Å². The molecule has 1 heterocycles. The van der Waals surface area contributed by atoms with Crippen molar-refractivity contribution < 1.29 is 36.3 Å². The number of benzene rings is 1. The van der Waals surface area contributed by atoms with E-state index in [2.05, 4.69) is 4.74 Å². The van der Waals surface area contributed by atoms with Gasteiger partial charge in [0.1, 0.15) is 11.5 Å². The molecule has 0 amide bonds. The number of hydrogen-bond acceptors (Lipinski definition) is 4. The van der Waals surface area contributed by atoms with Crippen LogP contribution in [-0.4, -0.2) is 37.4 Å². The minimum atomic E-state index is -4.79. The molecule has 162 valence electrons. The molecule has 2 rings (SSSR count). The number of rotatable bonds is 7. The van der Waals surface area contributed by atoms with E-state index in [1.807, 2.05) is 41.5 Å². The average Bonchev–Trinajstić information content (AvgIpc) is 2.78. The predicted molar refractivity (Wildman–Crippen MR) is 103 cm³/mol. The van der Waals surface area contributed by atoms with E-state index in [0.717, 1.165) is 12.1 Å². The van der Waals surface area contributed by atoms with Gasteiger partial charge in [-0.25, -0.2) is 4.39 Å². The first-order chi connectivity index (χ1) is 13.2. The zero-order valence-corrected chi connectivity index (χ0v) is 17.5. The molecule has 1 aromatic carbocycles. The van der Waals surface area contributed by atoms with Crippen LogP contribution in [0.1, 0.15) is 53.5 Å². The molecule has 0 aliphatic carbocycles. The van der Waals surface area contributed by atoms with Gasteiger partial charge in [0.25, 0.3) is 0 Å². The lowest BCUT2D eigenvalue weighted by molar-refractivity contribution is -0.274. The molecule has 0 radical (unpaired) electrons. The minimum Gasteiger partial charge on any atom is -0.406 e. The number of alkyl halides is 3. The Kier molecular flexibility index (Phi) is 7.07. The van der Waals surface area contributed by atoms with Gasteiger partial charge in [-0.05, 0) is 71.2 Å². The van der Waals surface area contributed by atoms with E-state index in [1.54, 1.807) is 0 Å². The van der Waals surface area contributed by atoms with E-state index in [-0.39, 0.29) is 30.5 Å². The van der Waals surface area contributed by atoms with Gasteiger partial charge in [-0.15, -0.1) is 13.2 Å². The highest BCUT2D eigenvalue weighted by atomic mass is 19.4. The highest BCUT2D eigenvalue weighted by Gasteiger charge is 2.53. The third-order valence-corrected chi connectivity index (χ3v) is 4.99. The summed E-state index contributed by atoms with van der Waals surface area (Å²) in [6.45, 7) is 11.2. The fourth-order valence-corrected chi connectivity index (χ4v) is 2.74. The Morgan fingerprint density at radius 3 is 2.00 bits per heavy atom. The van der Waals surface area contributed by atoms with Gasteiger partial charge in [0, 0.05) is 0 Å². The van der Waals surface area contributed by atoms with Crippen molar-refractivity contribution in [1.29, 1.82) is 0 Å². The Hall–Kier alpha value is -1.58. The molecule has 0 atom stereocenters. The fourth-order valence-electron chi connectivity index (χ4n) is 2.74. The van der Waals surface area contributed by atoms with Gasteiger partial charge in [0.15, 0.2) is 0 Å². The second-order valence-electron chi connectivity index (χ2n) is 8.16. The minimum absolute atomic E-state index is 0.0429. The molecule has 1 saturated heterocycles. The van der Waals surface area contributed by atoms with Crippen molar-refractivity contribution in [2.24, 2.45) is 0 Å². The Balaban J connectivity index is 2.32. The van der Waals surface area contributed by atoms with Gasteiger partial charge >= 0.3 is 13.5 Å². The summed E-state index contributed by atoms with van der Waals surface area (Å²) in [7, 11) is -1.21. The molecule has 1 aromatic rings. The lowest BCUT2D eigenvalue weighted by atomic mass is 9.82. The first kappa shape index (κ1) is 23.7. The molecule has 1 fully saturated rings. The van der Waals surface area contributed by atoms with Crippen LogP contribution < -0.4 is 4.74 Å². The van der Waals surface area contributed by atoms with Crippen LogP contribution in [0.3, 0.4) is 0 Å². The Bertz CT molecular complexity index is 711. The van der Waals surface area contributed by atoms with E-state index >= 15 is 4.39 Å². The van der Waals surface area contributed by atoms with Crippen LogP contribution in [0.5, 0.6) is 5.75 Å². The van der Waals surface area contributed by atoms with Crippen LogP contribution >= 0.6 is 0 Å². The number of ether oxygens (including phenoxy) is 2.